The summed E-state index contributed by atoms with van der Waals surface area (Å²) >= 11 is 0. The normalized spacial score (nSPS) is 14.9. The molecule has 0 bridgehead atoms. The zero-order valence-electron chi connectivity index (χ0n) is 13.1. The molecular weight excluding hydrogens is 304 g/mol. The van der Waals surface area contributed by atoms with Crippen LogP contribution in [0.5, 0.6) is 5.75 Å². The first-order valence-corrected chi connectivity index (χ1v) is 8.77. The molecule has 0 unspecified atom stereocenters. The van der Waals surface area contributed by atoms with Gasteiger partial charge < -0.3 is 10.1 Å². The van der Waals surface area contributed by atoms with E-state index in [9.17, 15) is 13.2 Å². The molecular formula is C15H22N2O4S. The third kappa shape index (κ3) is 3.98. The summed E-state index contributed by atoms with van der Waals surface area (Å²) in [5, 5.41) is 2.78. The lowest BCUT2D eigenvalue weighted by atomic mass is 10.2. The number of aryl methyl sites for hydroxylation is 1. The van der Waals surface area contributed by atoms with Crippen molar-refractivity contribution in [1.29, 1.82) is 0 Å². The van der Waals surface area contributed by atoms with Gasteiger partial charge in [-0.2, -0.15) is 4.31 Å². The van der Waals surface area contributed by atoms with Gasteiger partial charge in [0, 0.05) is 13.1 Å². The minimum atomic E-state index is -3.69. The SMILES string of the molecule is CCOc1ccc(S(=O)(=O)N(C)CC(=O)NC2CC2)cc1C. The van der Waals surface area contributed by atoms with Crippen molar-refractivity contribution in [3.8, 4) is 5.75 Å². The molecule has 0 radical (unpaired) electrons. The van der Waals surface area contributed by atoms with Crippen LogP contribution in [0.2, 0.25) is 0 Å². The number of sulfonamides is 1. The first-order chi connectivity index (χ1) is 10.3. The molecule has 0 aromatic heterocycles. The van der Waals surface area contributed by atoms with Crippen LogP contribution in [-0.2, 0) is 14.8 Å². The lowest BCUT2D eigenvalue weighted by Gasteiger charge is -2.18. The molecule has 0 aliphatic heterocycles. The maximum Gasteiger partial charge on any atom is 0.243 e. The van der Waals surface area contributed by atoms with Crippen molar-refractivity contribution in [2.45, 2.75) is 37.6 Å². The molecule has 1 aliphatic carbocycles. The smallest absolute Gasteiger partial charge is 0.243 e. The molecule has 0 atom stereocenters. The van der Waals surface area contributed by atoms with E-state index in [2.05, 4.69) is 5.32 Å². The Labute approximate surface area is 131 Å². The fraction of sp³-hybridized carbons (Fsp3) is 0.533. The fourth-order valence-electron chi connectivity index (χ4n) is 2.07. The van der Waals surface area contributed by atoms with Gasteiger partial charge in [-0.05, 0) is 50.5 Å². The Hall–Kier alpha value is -1.60. The number of carbonyl (C=O) groups is 1. The Bertz CT molecular complexity index is 654. The van der Waals surface area contributed by atoms with Crippen molar-refractivity contribution >= 4 is 15.9 Å². The van der Waals surface area contributed by atoms with Crippen LogP contribution in [0.1, 0.15) is 25.3 Å². The van der Waals surface area contributed by atoms with E-state index < -0.39 is 10.0 Å². The second-order valence-corrected chi connectivity index (χ2v) is 7.51. The summed E-state index contributed by atoms with van der Waals surface area (Å²) in [6.07, 6.45) is 1.95. The highest BCUT2D eigenvalue weighted by atomic mass is 32.2. The molecule has 1 fully saturated rings. The van der Waals surface area contributed by atoms with Crippen LogP contribution in [0.25, 0.3) is 0 Å². The van der Waals surface area contributed by atoms with Gasteiger partial charge in [-0.1, -0.05) is 0 Å². The van der Waals surface area contributed by atoms with Crippen LogP contribution in [0.4, 0.5) is 0 Å². The van der Waals surface area contributed by atoms with Crippen LogP contribution in [0.15, 0.2) is 23.1 Å². The first kappa shape index (κ1) is 16.8. The van der Waals surface area contributed by atoms with Gasteiger partial charge in [0.15, 0.2) is 0 Å². The fourth-order valence-corrected chi connectivity index (χ4v) is 3.28. The summed E-state index contributed by atoms with van der Waals surface area (Å²) in [6, 6.07) is 4.93. The molecule has 0 saturated heterocycles. The summed E-state index contributed by atoms with van der Waals surface area (Å²) in [5.41, 5.74) is 0.749. The highest BCUT2D eigenvalue weighted by molar-refractivity contribution is 7.89. The molecule has 1 aliphatic rings. The Morgan fingerprint density at radius 3 is 2.64 bits per heavy atom. The zero-order chi connectivity index (χ0) is 16.3. The van der Waals surface area contributed by atoms with Crippen LogP contribution in [0, 0.1) is 6.92 Å². The number of nitrogens with one attached hydrogen (secondary N) is 1. The maximum absolute atomic E-state index is 12.5. The van der Waals surface area contributed by atoms with Crippen molar-refractivity contribution < 1.29 is 17.9 Å². The molecule has 1 N–H and O–H groups in total. The van der Waals surface area contributed by atoms with Crippen LogP contribution >= 0.6 is 0 Å². The minimum absolute atomic E-state index is 0.162. The number of hydrogen-bond donors (Lipinski definition) is 1. The molecule has 2 rings (SSSR count). The van der Waals surface area contributed by atoms with Crippen molar-refractivity contribution in [2.75, 3.05) is 20.2 Å². The lowest BCUT2D eigenvalue weighted by Crippen LogP contribution is -2.39. The monoisotopic (exact) mass is 326 g/mol. The van der Waals surface area contributed by atoms with Gasteiger partial charge in [-0.25, -0.2) is 8.42 Å². The van der Waals surface area contributed by atoms with E-state index in [1.165, 1.54) is 13.1 Å². The molecule has 0 heterocycles. The van der Waals surface area contributed by atoms with E-state index in [0.29, 0.717) is 12.4 Å². The van der Waals surface area contributed by atoms with Crippen LogP contribution in [0.3, 0.4) is 0 Å². The van der Waals surface area contributed by atoms with Gasteiger partial charge in [0.1, 0.15) is 5.75 Å². The number of hydrogen-bond acceptors (Lipinski definition) is 4. The Morgan fingerprint density at radius 1 is 1.41 bits per heavy atom. The minimum Gasteiger partial charge on any atom is -0.494 e. The number of ether oxygens (including phenoxy) is 1. The lowest BCUT2D eigenvalue weighted by molar-refractivity contribution is -0.121. The van der Waals surface area contributed by atoms with Crippen molar-refractivity contribution in [2.24, 2.45) is 0 Å². The molecule has 7 heteroatoms. The van der Waals surface area contributed by atoms with Gasteiger partial charge in [0.25, 0.3) is 0 Å². The summed E-state index contributed by atoms with van der Waals surface area (Å²) in [5.74, 6) is 0.395. The van der Waals surface area contributed by atoms with E-state index in [1.807, 2.05) is 6.92 Å². The molecule has 1 aromatic carbocycles. The summed E-state index contributed by atoms with van der Waals surface area (Å²) in [4.78, 5) is 11.9. The second-order valence-electron chi connectivity index (χ2n) is 5.46. The largest absolute Gasteiger partial charge is 0.494 e. The average molecular weight is 326 g/mol. The molecule has 1 amide bonds. The number of rotatable bonds is 7. The van der Waals surface area contributed by atoms with Gasteiger partial charge in [0.05, 0.1) is 18.0 Å². The summed E-state index contributed by atoms with van der Waals surface area (Å²) < 4.78 is 31.5. The molecule has 22 heavy (non-hydrogen) atoms. The first-order valence-electron chi connectivity index (χ1n) is 7.33. The zero-order valence-corrected chi connectivity index (χ0v) is 13.9. The van der Waals surface area contributed by atoms with E-state index in [-0.39, 0.29) is 23.4 Å². The van der Waals surface area contributed by atoms with E-state index in [4.69, 9.17) is 4.74 Å². The van der Waals surface area contributed by atoms with E-state index >= 15 is 0 Å². The Balaban J connectivity index is 2.10. The molecule has 122 valence electrons. The standard InChI is InChI=1S/C15H22N2O4S/c1-4-21-14-8-7-13(9-11(14)2)22(19,20)17(3)10-15(18)16-12-5-6-12/h7-9,12H,4-6,10H2,1-3H3,(H,16,18). The van der Waals surface area contributed by atoms with Crippen LogP contribution in [-0.4, -0.2) is 44.9 Å². The third-order valence-electron chi connectivity index (χ3n) is 3.46. The number of nitrogens with zero attached hydrogens (tertiary/aromatic N) is 1. The van der Waals surface area contributed by atoms with Crippen molar-refractivity contribution in [3.63, 3.8) is 0 Å². The van der Waals surface area contributed by atoms with Crippen molar-refractivity contribution in [3.05, 3.63) is 23.8 Å². The maximum atomic E-state index is 12.5. The Morgan fingerprint density at radius 2 is 2.09 bits per heavy atom. The summed E-state index contributed by atoms with van der Waals surface area (Å²) in [6.45, 7) is 4.01. The highest BCUT2D eigenvalue weighted by Gasteiger charge is 2.27. The average Bonchev–Trinajstić information content (AvgIpc) is 3.24. The van der Waals surface area contributed by atoms with Gasteiger partial charge in [-0.15, -0.1) is 0 Å². The molecule has 1 aromatic rings. The van der Waals surface area contributed by atoms with Crippen LogP contribution < -0.4 is 10.1 Å². The molecule has 1 saturated carbocycles. The van der Waals surface area contributed by atoms with Gasteiger partial charge in [-0.3, -0.25) is 4.79 Å². The van der Waals surface area contributed by atoms with Gasteiger partial charge >= 0.3 is 0 Å². The predicted octanol–water partition coefficient (Wildman–Crippen LogP) is 1.29. The number of amides is 1. The second kappa shape index (κ2) is 6.66. The number of carbonyl (C=O) groups excluding carboxylic acids is 1. The Kier molecular flexibility index (Phi) is 5.08. The van der Waals surface area contributed by atoms with E-state index in [1.54, 1.807) is 19.1 Å². The highest BCUT2D eigenvalue weighted by Crippen LogP contribution is 2.23. The summed E-state index contributed by atoms with van der Waals surface area (Å²) in [7, 11) is -2.28. The molecule has 0 spiro atoms. The van der Waals surface area contributed by atoms with E-state index in [0.717, 1.165) is 22.7 Å². The third-order valence-corrected chi connectivity index (χ3v) is 5.26. The topological polar surface area (TPSA) is 75.7 Å². The van der Waals surface area contributed by atoms with Gasteiger partial charge in [0.2, 0.25) is 15.9 Å². The quantitative estimate of drug-likeness (QED) is 0.819. The molecule has 6 nitrogen and oxygen atoms in total. The number of likely N-dealkylation sites (N-methyl/N-ethyl adjacent to an activating group) is 1. The number of benzene rings is 1. The van der Waals surface area contributed by atoms with Crippen molar-refractivity contribution in [1.82, 2.24) is 9.62 Å². The predicted molar refractivity (Wildman–Crippen MR) is 83.3 cm³/mol.